The lowest BCUT2D eigenvalue weighted by Gasteiger charge is -2.12. The highest BCUT2D eigenvalue weighted by Crippen LogP contribution is 2.22. The molecule has 1 atom stereocenters. The summed E-state index contributed by atoms with van der Waals surface area (Å²) in [6.45, 7) is 2.04. The summed E-state index contributed by atoms with van der Waals surface area (Å²) in [6, 6.07) is 3.64. The lowest BCUT2D eigenvalue weighted by molar-refractivity contribution is 0.414. The highest BCUT2D eigenvalue weighted by atomic mass is 16.3. The van der Waals surface area contributed by atoms with E-state index >= 15 is 0 Å². The van der Waals surface area contributed by atoms with Gasteiger partial charge in [0.15, 0.2) is 0 Å². The van der Waals surface area contributed by atoms with Crippen LogP contribution in [0.1, 0.15) is 30.2 Å². The van der Waals surface area contributed by atoms with E-state index in [1.165, 1.54) is 0 Å². The molecule has 2 heterocycles. The van der Waals surface area contributed by atoms with Gasteiger partial charge in [-0.1, -0.05) is 12.1 Å². The van der Waals surface area contributed by atoms with Crippen molar-refractivity contribution in [1.29, 1.82) is 0 Å². The van der Waals surface area contributed by atoms with Crippen molar-refractivity contribution < 1.29 is 4.42 Å². The molecule has 0 aliphatic heterocycles. The van der Waals surface area contributed by atoms with Crippen LogP contribution < -0.4 is 11.3 Å². The molecule has 1 unspecified atom stereocenters. The van der Waals surface area contributed by atoms with E-state index in [0.717, 1.165) is 23.6 Å². The van der Waals surface area contributed by atoms with Gasteiger partial charge in [-0.2, -0.15) is 0 Å². The van der Waals surface area contributed by atoms with Gasteiger partial charge in [-0.3, -0.25) is 10.5 Å². The van der Waals surface area contributed by atoms with Gasteiger partial charge in [-0.05, 0) is 12.1 Å². The van der Waals surface area contributed by atoms with Crippen molar-refractivity contribution in [3.8, 4) is 0 Å². The smallest absolute Gasteiger partial charge is 0.128 e. The average Bonchev–Trinajstić information content (AvgIpc) is 2.90. The van der Waals surface area contributed by atoms with Crippen LogP contribution in [0.5, 0.6) is 0 Å². The van der Waals surface area contributed by atoms with Gasteiger partial charge < -0.3 is 4.42 Å². The van der Waals surface area contributed by atoms with Crippen molar-refractivity contribution >= 4 is 0 Å². The fourth-order valence-corrected chi connectivity index (χ4v) is 1.61. The summed E-state index contributed by atoms with van der Waals surface area (Å²) >= 11 is 0. The molecule has 0 radical (unpaired) electrons. The topological polar surface area (TPSA) is 81.9 Å². The third-order valence-corrected chi connectivity index (χ3v) is 2.53. The van der Waals surface area contributed by atoms with Crippen LogP contribution in [0.2, 0.25) is 0 Å². The molecule has 0 aromatic carbocycles. The van der Waals surface area contributed by atoms with Crippen molar-refractivity contribution in [1.82, 2.24) is 20.4 Å². The lowest BCUT2D eigenvalue weighted by atomic mass is 10.2. The zero-order valence-corrected chi connectivity index (χ0v) is 9.34. The largest absolute Gasteiger partial charge is 0.464 e. The predicted molar refractivity (Wildman–Crippen MR) is 58.3 cm³/mol. The van der Waals surface area contributed by atoms with Gasteiger partial charge in [0.1, 0.15) is 17.6 Å². The second-order valence-electron chi connectivity index (χ2n) is 3.54. The number of nitrogens with zero attached hydrogens (tertiary/aromatic N) is 3. The third kappa shape index (κ3) is 1.84. The summed E-state index contributed by atoms with van der Waals surface area (Å²) in [4.78, 5) is 0. The molecule has 16 heavy (non-hydrogen) atoms. The van der Waals surface area contributed by atoms with E-state index in [4.69, 9.17) is 10.3 Å². The molecule has 0 saturated carbocycles. The van der Waals surface area contributed by atoms with E-state index in [2.05, 4.69) is 15.7 Å². The van der Waals surface area contributed by atoms with E-state index in [-0.39, 0.29) is 6.04 Å². The Bertz CT molecular complexity index is 461. The molecule has 6 nitrogen and oxygen atoms in total. The Hall–Kier alpha value is -1.66. The van der Waals surface area contributed by atoms with Crippen molar-refractivity contribution in [2.45, 2.75) is 19.4 Å². The molecule has 86 valence electrons. The van der Waals surface area contributed by atoms with Crippen LogP contribution in [0.4, 0.5) is 0 Å². The number of hydrogen-bond acceptors (Lipinski definition) is 5. The normalized spacial score (nSPS) is 12.9. The lowest BCUT2D eigenvalue weighted by Crippen LogP contribution is -2.30. The maximum absolute atomic E-state index is 5.65. The molecule has 2 aromatic rings. The van der Waals surface area contributed by atoms with Crippen LogP contribution in [0.3, 0.4) is 0 Å². The quantitative estimate of drug-likeness (QED) is 0.581. The van der Waals surface area contributed by atoms with E-state index in [0.29, 0.717) is 0 Å². The number of furan rings is 1. The molecular formula is C10H15N5O. The van der Waals surface area contributed by atoms with Crippen LogP contribution in [0.15, 0.2) is 22.7 Å². The van der Waals surface area contributed by atoms with Gasteiger partial charge in [-0.15, -0.1) is 5.10 Å². The maximum atomic E-state index is 5.65. The zero-order valence-electron chi connectivity index (χ0n) is 9.34. The van der Waals surface area contributed by atoms with Crippen molar-refractivity contribution in [2.75, 3.05) is 0 Å². The summed E-state index contributed by atoms with van der Waals surface area (Å²) in [5.41, 5.74) is 3.57. The summed E-state index contributed by atoms with van der Waals surface area (Å²) in [5, 5.41) is 7.69. The predicted octanol–water partition coefficient (Wildman–Crippen LogP) is 0.523. The molecule has 0 spiro atoms. The first-order valence-electron chi connectivity index (χ1n) is 5.15. The first-order chi connectivity index (χ1) is 7.76. The molecule has 6 heteroatoms. The third-order valence-electron chi connectivity index (χ3n) is 2.53. The molecule has 2 rings (SSSR count). The molecule has 0 aliphatic rings. The van der Waals surface area contributed by atoms with Crippen LogP contribution >= 0.6 is 0 Å². The Morgan fingerprint density at radius 3 is 2.88 bits per heavy atom. The molecule has 0 fully saturated rings. The summed E-state index contributed by atoms with van der Waals surface area (Å²) < 4.78 is 7.32. The van der Waals surface area contributed by atoms with E-state index in [1.807, 2.05) is 26.1 Å². The number of aromatic nitrogens is 3. The number of nitrogens with one attached hydrogen (secondary N) is 1. The number of nitrogens with two attached hydrogens (primary N) is 1. The van der Waals surface area contributed by atoms with Crippen molar-refractivity contribution in [3.63, 3.8) is 0 Å². The van der Waals surface area contributed by atoms with Gasteiger partial charge >= 0.3 is 0 Å². The Kier molecular flexibility index (Phi) is 3.02. The standard InChI is InChI=1S/C10H15N5O/c1-3-7-4-5-9(16-7)10(13-11)8-6-12-14-15(8)2/h4-6,10,13H,3,11H2,1-2H3. The van der Waals surface area contributed by atoms with E-state index in [1.54, 1.807) is 10.9 Å². The second kappa shape index (κ2) is 4.46. The Balaban J connectivity index is 2.32. The van der Waals surface area contributed by atoms with Gasteiger partial charge in [0.05, 0.1) is 11.9 Å². The minimum absolute atomic E-state index is 0.222. The Morgan fingerprint density at radius 1 is 1.56 bits per heavy atom. The van der Waals surface area contributed by atoms with Crippen molar-refractivity contribution in [2.24, 2.45) is 12.9 Å². The molecule has 3 N–H and O–H groups in total. The van der Waals surface area contributed by atoms with Crippen LogP contribution in [0.25, 0.3) is 0 Å². The fraction of sp³-hybridized carbons (Fsp3) is 0.400. The summed E-state index contributed by atoms with van der Waals surface area (Å²) in [6.07, 6.45) is 2.53. The highest BCUT2D eigenvalue weighted by molar-refractivity contribution is 5.19. The molecular weight excluding hydrogens is 206 g/mol. The molecule has 0 aliphatic carbocycles. The summed E-state index contributed by atoms with van der Waals surface area (Å²) in [5.74, 6) is 7.24. The van der Waals surface area contributed by atoms with E-state index < -0.39 is 0 Å². The molecule has 0 amide bonds. The summed E-state index contributed by atoms with van der Waals surface area (Å²) in [7, 11) is 1.82. The molecule has 2 aromatic heterocycles. The number of aryl methyl sites for hydroxylation is 2. The van der Waals surface area contributed by atoms with Gasteiger partial charge in [-0.25, -0.2) is 5.43 Å². The van der Waals surface area contributed by atoms with Gasteiger partial charge in [0, 0.05) is 13.5 Å². The first kappa shape index (κ1) is 10.8. The average molecular weight is 221 g/mol. The van der Waals surface area contributed by atoms with Crippen LogP contribution in [0, 0.1) is 0 Å². The van der Waals surface area contributed by atoms with Crippen molar-refractivity contribution in [3.05, 3.63) is 35.5 Å². The van der Waals surface area contributed by atoms with Crippen LogP contribution in [-0.2, 0) is 13.5 Å². The van der Waals surface area contributed by atoms with E-state index in [9.17, 15) is 0 Å². The first-order valence-corrected chi connectivity index (χ1v) is 5.15. The highest BCUT2D eigenvalue weighted by Gasteiger charge is 2.19. The number of hydrazine groups is 1. The van der Waals surface area contributed by atoms with Crippen LogP contribution in [-0.4, -0.2) is 15.0 Å². The Labute approximate surface area is 93.4 Å². The number of hydrogen-bond donors (Lipinski definition) is 2. The number of rotatable bonds is 4. The maximum Gasteiger partial charge on any atom is 0.128 e. The van der Waals surface area contributed by atoms with Gasteiger partial charge in [0.2, 0.25) is 0 Å². The monoisotopic (exact) mass is 221 g/mol. The minimum atomic E-state index is -0.222. The zero-order chi connectivity index (χ0) is 11.5. The van der Waals surface area contributed by atoms with Gasteiger partial charge in [0.25, 0.3) is 0 Å². The molecule has 0 saturated heterocycles. The Morgan fingerprint density at radius 2 is 2.38 bits per heavy atom. The SMILES string of the molecule is CCc1ccc(C(NN)c2cnnn2C)o1. The fourth-order valence-electron chi connectivity index (χ4n) is 1.61. The second-order valence-corrected chi connectivity index (χ2v) is 3.54. The minimum Gasteiger partial charge on any atom is -0.464 e. The molecule has 0 bridgehead atoms.